The van der Waals surface area contributed by atoms with E-state index in [0.29, 0.717) is 19.9 Å². The molecule has 9 heteroatoms. The van der Waals surface area contributed by atoms with Crippen molar-refractivity contribution in [1.82, 2.24) is 15.6 Å². The van der Waals surface area contributed by atoms with Crippen LogP contribution in [-0.2, 0) is 0 Å². The molecule has 6 nitrogen and oxygen atoms in total. The molecule has 0 unspecified atom stereocenters. The van der Waals surface area contributed by atoms with E-state index in [2.05, 4.69) is 20.7 Å². The summed E-state index contributed by atoms with van der Waals surface area (Å²) in [7, 11) is 0. The summed E-state index contributed by atoms with van der Waals surface area (Å²) in [5.41, 5.74) is 2.89. The number of amides is 1. The molecular weight excluding hydrogens is 418 g/mol. The van der Waals surface area contributed by atoms with Crippen molar-refractivity contribution in [2.24, 2.45) is 5.10 Å². The lowest BCUT2D eigenvalue weighted by molar-refractivity contribution is 0.0949. The SMILES string of the molecule is O=C(N/N=C/c1cc(Cl)cc(Cl)c1O)c1[nH]ncc1I. The molecular formula is C11H7Cl2IN4O2. The third kappa shape index (κ3) is 3.41. The molecule has 0 radical (unpaired) electrons. The number of carbonyl (C=O) groups is 1. The van der Waals surface area contributed by atoms with Gasteiger partial charge in [0.15, 0.2) is 0 Å². The van der Waals surface area contributed by atoms with Crippen LogP contribution < -0.4 is 5.43 Å². The maximum atomic E-state index is 11.7. The maximum absolute atomic E-state index is 11.7. The van der Waals surface area contributed by atoms with Crippen molar-refractivity contribution in [3.63, 3.8) is 0 Å². The molecule has 0 aliphatic carbocycles. The van der Waals surface area contributed by atoms with Crippen molar-refractivity contribution in [2.75, 3.05) is 0 Å². The highest BCUT2D eigenvalue weighted by Crippen LogP contribution is 2.29. The third-order valence-electron chi connectivity index (χ3n) is 2.25. The van der Waals surface area contributed by atoms with E-state index in [1.807, 2.05) is 22.6 Å². The normalized spacial score (nSPS) is 10.9. The highest BCUT2D eigenvalue weighted by atomic mass is 127. The molecule has 0 bridgehead atoms. The lowest BCUT2D eigenvalue weighted by Crippen LogP contribution is -2.19. The molecule has 0 aliphatic heterocycles. The van der Waals surface area contributed by atoms with E-state index in [4.69, 9.17) is 23.2 Å². The van der Waals surface area contributed by atoms with E-state index < -0.39 is 5.91 Å². The summed E-state index contributed by atoms with van der Waals surface area (Å²) in [6.07, 6.45) is 2.76. The highest BCUT2D eigenvalue weighted by molar-refractivity contribution is 14.1. The Morgan fingerprint density at radius 2 is 2.25 bits per heavy atom. The number of rotatable bonds is 3. The minimum absolute atomic E-state index is 0.105. The van der Waals surface area contributed by atoms with Crippen LogP contribution in [0.5, 0.6) is 5.75 Å². The number of hydrazone groups is 1. The minimum atomic E-state index is -0.448. The van der Waals surface area contributed by atoms with E-state index in [-0.39, 0.29) is 10.8 Å². The smallest absolute Gasteiger partial charge is 0.290 e. The summed E-state index contributed by atoms with van der Waals surface area (Å²) < 4.78 is 0.670. The molecule has 20 heavy (non-hydrogen) atoms. The number of nitrogens with one attached hydrogen (secondary N) is 2. The van der Waals surface area contributed by atoms with Gasteiger partial charge in [-0.2, -0.15) is 10.2 Å². The fraction of sp³-hybridized carbons (Fsp3) is 0. The number of phenolic OH excluding ortho intramolecular Hbond substituents is 1. The van der Waals surface area contributed by atoms with Gasteiger partial charge in [-0.25, -0.2) is 5.43 Å². The first-order valence-corrected chi connectivity index (χ1v) is 7.03. The minimum Gasteiger partial charge on any atom is -0.506 e. The molecule has 0 saturated carbocycles. The van der Waals surface area contributed by atoms with Crippen LogP contribution >= 0.6 is 45.8 Å². The number of aromatic amines is 1. The second kappa shape index (κ2) is 6.42. The Morgan fingerprint density at radius 3 is 2.90 bits per heavy atom. The van der Waals surface area contributed by atoms with Gasteiger partial charge < -0.3 is 5.11 Å². The van der Waals surface area contributed by atoms with Gasteiger partial charge in [-0.05, 0) is 34.7 Å². The monoisotopic (exact) mass is 424 g/mol. The number of H-pyrrole nitrogens is 1. The van der Waals surface area contributed by atoms with E-state index in [1.54, 1.807) is 0 Å². The van der Waals surface area contributed by atoms with Crippen LogP contribution in [0, 0.1) is 3.57 Å². The average Bonchev–Trinajstić information content (AvgIpc) is 2.81. The summed E-state index contributed by atoms with van der Waals surface area (Å²) in [5, 5.41) is 20.2. The number of phenols is 1. The van der Waals surface area contributed by atoms with Crippen LogP contribution in [0.2, 0.25) is 10.0 Å². The van der Waals surface area contributed by atoms with Crippen LogP contribution in [0.4, 0.5) is 0 Å². The number of hydrogen-bond donors (Lipinski definition) is 3. The Bertz CT molecular complexity index is 687. The van der Waals surface area contributed by atoms with Crippen LogP contribution in [-0.4, -0.2) is 27.4 Å². The third-order valence-corrected chi connectivity index (χ3v) is 3.57. The van der Waals surface area contributed by atoms with E-state index in [0.717, 1.165) is 0 Å². The Labute approximate surface area is 137 Å². The lowest BCUT2D eigenvalue weighted by Gasteiger charge is -2.02. The summed E-state index contributed by atoms with van der Waals surface area (Å²) in [5.74, 6) is -0.610. The first-order valence-electron chi connectivity index (χ1n) is 5.19. The zero-order valence-corrected chi connectivity index (χ0v) is 13.4. The fourth-order valence-corrected chi connectivity index (χ4v) is 2.35. The van der Waals surface area contributed by atoms with E-state index in [1.165, 1.54) is 24.5 Å². The predicted molar refractivity (Wildman–Crippen MR) is 84.5 cm³/mol. The standard InChI is InChI=1S/C11H7Cl2IN4O2/c12-6-1-5(10(19)7(13)2-6)3-15-18-11(20)9-8(14)4-16-17-9/h1-4,19H,(H,16,17)(H,18,20)/b15-3+. The van der Waals surface area contributed by atoms with Crippen molar-refractivity contribution in [1.29, 1.82) is 0 Å². The van der Waals surface area contributed by atoms with Crippen molar-refractivity contribution >= 4 is 57.9 Å². The summed E-state index contributed by atoms with van der Waals surface area (Å²) in [6.45, 7) is 0. The van der Waals surface area contributed by atoms with E-state index >= 15 is 0 Å². The van der Waals surface area contributed by atoms with Gasteiger partial charge in [0.1, 0.15) is 11.4 Å². The van der Waals surface area contributed by atoms with Crippen molar-refractivity contribution < 1.29 is 9.90 Å². The number of nitrogens with zero attached hydrogens (tertiary/aromatic N) is 2. The number of hydrogen-bond acceptors (Lipinski definition) is 4. The molecule has 2 aromatic rings. The maximum Gasteiger partial charge on any atom is 0.290 e. The van der Waals surface area contributed by atoms with Crippen molar-refractivity contribution in [3.05, 3.63) is 43.2 Å². The zero-order valence-electron chi connectivity index (χ0n) is 9.69. The Balaban J connectivity index is 2.11. The molecule has 0 atom stereocenters. The van der Waals surface area contributed by atoms with Gasteiger partial charge in [0.05, 0.1) is 21.0 Å². The van der Waals surface area contributed by atoms with Gasteiger partial charge in [-0.15, -0.1) is 0 Å². The molecule has 0 saturated heterocycles. The van der Waals surface area contributed by atoms with Crippen LogP contribution in [0.1, 0.15) is 16.1 Å². The molecule has 104 valence electrons. The second-order valence-electron chi connectivity index (χ2n) is 3.62. The van der Waals surface area contributed by atoms with Gasteiger partial charge in [0, 0.05) is 10.6 Å². The molecule has 2 rings (SSSR count). The van der Waals surface area contributed by atoms with E-state index in [9.17, 15) is 9.90 Å². The fourth-order valence-electron chi connectivity index (χ4n) is 1.33. The molecule has 1 amide bonds. The van der Waals surface area contributed by atoms with Gasteiger partial charge in [0.2, 0.25) is 0 Å². The van der Waals surface area contributed by atoms with Gasteiger partial charge >= 0.3 is 0 Å². The number of carbonyl (C=O) groups excluding carboxylic acids is 1. The molecule has 0 spiro atoms. The summed E-state index contributed by atoms with van der Waals surface area (Å²) in [4.78, 5) is 11.7. The number of aromatic hydroxyl groups is 1. The predicted octanol–water partition coefficient (Wildman–Crippen LogP) is 2.79. The Morgan fingerprint density at radius 1 is 1.50 bits per heavy atom. The van der Waals surface area contributed by atoms with Gasteiger partial charge in [-0.1, -0.05) is 23.2 Å². The van der Waals surface area contributed by atoms with Crippen molar-refractivity contribution in [2.45, 2.75) is 0 Å². The lowest BCUT2D eigenvalue weighted by atomic mass is 10.2. The largest absolute Gasteiger partial charge is 0.506 e. The molecule has 1 aromatic heterocycles. The van der Waals surface area contributed by atoms with Gasteiger partial charge in [0.25, 0.3) is 5.91 Å². The molecule has 0 aliphatic rings. The summed E-state index contributed by atoms with van der Waals surface area (Å²) >= 11 is 13.5. The molecule has 0 fully saturated rings. The Kier molecular flexibility index (Phi) is 4.84. The zero-order chi connectivity index (χ0) is 14.7. The first kappa shape index (κ1) is 15.1. The second-order valence-corrected chi connectivity index (χ2v) is 5.62. The summed E-state index contributed by atoms with van der Waals surface area (Å²) in [6, 6.07) is 2.87. The Hall–Kier alpha value is -1.32. The molecule has 3 N–H and O–H groups in total. The quantitative estimate of drug-likeness (QED) is 0.402. The number of aromatic nitrogens is 2. The molecule has 1 heterocycles. The number of benzene rings is 1. The van der Waals surface area contributed by atoms with Crippen LogP contribution in [0.15, 0.2) is 23.4 Å². The number of halogens is 3. The first-order chi connectivity index (χ1) is 9.49. The molecule has 1 aromatic carbocycles. The van der Waals surface area contributed by atoms with Gasteiger partial charge in [-0.3, -0.25) is 9.89 Å². The van der Waals surface area contributed by atoms with Crippen LogP contribution in [0.25, 0.3) is 0 Å². The highest BCUT2D eigenvalue weighted by Gasteiger charge is 2.11. The average molecular weight is 425 g/mol. The topological polar surface area (TPSA) is 90.4 Å². The van der Waals surface area contributed by atoms with Crippen LogP contribution in [0.3, 0.4) is 0 Å². The van der Waals surface area contributed by atoms with Crippen molar-refractivity contribution in [3.8, 4) is 5.75 Å².